The van der Waals surface area contributed by atoms with Gasteiger partial charge in [0.25, 0.3) is 0 Å². The molecular weight excluding hydrogens is 320 g/mol. The molecule has 1 amide bonds. The van der Waals surface area contributed by atoms with Crippen LogP contribution in [0.15, 0.2) is 42.7 Å². The second-order valence-corrected chi connectivity index (χ2v) is 6.58. The fourth-order valence-corrected chi connectivity index (χ4v) is 3.82. The van der Waals surface area contributed by atoms with Crippen LogP contribution in [0.4, 0.5) is 0 Å². The molecule has 1 saturated heterocycles. The van der Waals surface area contributed by atoms with Gasteiger partial charge in [0, 0.05) is 42.3 Å². The summed E-state index contributed by atoms with van der Waals surface area (Å²) in [6, 6.07) is 9.75. The number of methoxy groups -OCH3 is 1. The van der Waals surface area contributed by atoms with Crippen molar-refractivity contribution in [1.82, 2.24) is 9.47 Å². The molecule has 1 aromatic carbocycles. The Morgan fingerprint density at radius 3 is 2.82 bits per heavy atom. The summed E-state index contributed by atoms with van der Waals surface area (Å²) in [6.45, 7) is 1.18. The van der Waals surface area contributed by atoms with Gasteiger partial charge in [0.2, 0.25) is 5.91 Å². The van der Waals surface area contributed by atoms with Gasteiger partial charge < -0.3 is 14.2 Å². The third-order valence-corrected chi connectivity index (χ3v) is 5.14. The molecule has 1 aliphatic rings. The van der Waals surface area contributed by atoms with Crippen molar-refractivity contribution in [3.63, 3.8) is 0 Å². The first-order valence-corrected chi connectivity index (χ1v) is 8.45. The van der Waals surface area contributed by atoms with Crippen LogP contribution in [0, 0.1) is 0 Å². The lowest BCUT2D eigenvalue weighted by Crippen LogP contribution is -2.31. The number of hydrogen-bond donors (Lipinski definition) is 0. The number of rotatable bonds is 5. The van der Waals surface area contributed by atoms with Crippen molar-refractivity contribution in [3.8, 4) is 5.69 Å². The van der Waals surface area contributed by atoms with Crippen molar-refractivity contribution >= 4 is 29.3 Å². The fraction of sp³-hybridized carbons (Fsp3) is 0.312. The molecule has 0 unspecified atom stereocenters. The number of amides is 1. The Kier molecular flexibility index (Phi) is 4.76. The van der Waals surface area contributed by atoms with Gasteiger partial charge in [-0.2, -0.15) is 0 Å². The van der Waals surface area contributed by atoms with Crippen molar-refractivity contribution in [3.05, 3.63) is 53.3 Å². The highest BCUT2D eigenvalue weighted by atomic mass is 35.5. The summed E-state index contributed by atoms with van der Waals surface area (Å²) in [5.41, 5.74) is 2.18. The molecule has 6 heteroatoms. The normalized spacial score (nSPS) is 18.2. The lowest BCUT2D eigenvalue weighted by Gasteiger charge is -2.22. The number of thioether (sulfide) groups is 1. The first-order chi connectivity index (χ1) is 10.7. The maximum atomic E-state index is 12.0. The Morgan fingerprint density at radius 2 is 2.09 bits per heavy atom. The van der Waals surface area contributed by atoms with Gasteiger partial charge in [-0.05, 0) is 30.3 Å². The van der Waals surface area contributed by atoms with E-state index < -0.39 is 0 Å². The van der Waals surface area contributed by atoms with E-state index in [-0.39, 0.29) is 11.3 Å². The summed E-state index contributed by atoms with van der Waals surface area (Å²) in [7, 11) is 1.65. The van der Waals surface area contributed by atoms with Crippen molar-refractivity contribution in [2.45, 2.75) is 5.37 Å². The van der Waals surface area contributed by atoms with Crippen LogP contribution >= 0.6 is 23.4 Å². The first-order valence-electron chi connectivity index (χ1n) is 7.03. The highest BCUT2D eigenvalue weighted by Crippen LogP contribution is 2.38. The molecule has 3 rings (SSSR count). The van der Waals surface area contributed by atoms with Crippen LogP contribution in [0.3, 0.4) is 0 Å². The molecule has 0 spiro atoms. The summed E-state index contributed by atoms with van der Waals surface area (Å²) in [5.74, 6) is 0.701. The predicted octanol–water partition coefficient (Wildman–Crippen LogP) is 3.35. The number of ether oxygens (including phenoxy) is 1. The minimum Gasteiger partial charge on any atom is -0.383 e. The molecule has 22 heavy (non-hydrogen) atoms. The zero-order valence-electron chi connectivity index (χ0n) is 12.2. The molecule has 2 aromatic rings. The first kappa shape index (κ1) is 15.5. The van der Waals surface area contributed by atoms with Crippen LogP contribution in [0.2, 0.25) is 5.02 Å². The Balaban J connectivity index is 1.80. The second kappa shape index (κ2) is 6.77. The van der Waals surface area contributed by atoms with Crippen molar-refractivity contribution in [2.24, 2.45) is 0 Å². The number of hydrogen-bond acceptors (Lipinski definition) is 3. The number of halogens is 1. The van der Waals surface area contributed by atoms with E-state index in [0.717, 1.165) is 16.3 Å². The van der Waals surface area contributed by atoms with Gasteiger partial charge >= 0.3 is 0 Å². The molecule has 0 aliphatic carbocycles. The summed E-state index contributed by atoms with van der Waals surface area (Å²) < 4.78 is 7.15. The van der Waals surface area contributed by atoms with E-state index in [2.05, 4.69) is 12.3 Å². The number of benzene rings is 1. The van der Waals surface area contributed by atoms with Crippen LogP contribution in [0.25, 0.3) is 5.69 Å². The molecule has 2 heterocycles. The van der Waals surface area contributed by atoms with E-state index in [1.165, 1.54) is 0 Å². The van der Waals surface area contributed by atoms with Gasteiger partial charge in [-0.1, -0.05) is 11.6 Å². The Morgan fingerprint density at radius 1 is 1.32 bits per heavy atom. The van der Waals surface area contributed by atoms with Gasteiger partial charge in [0.15, 0.2) is 0 Å². The van der Waals surface area contributed by atoms with Gasteiger partial charge in [0.05, 0.1) is 12.4 Å². The van der Waals surface area contributed by atoms with Gasteiger partial charge in [0.1, 0.15) is 5.37 Å². The SMILES string of the molecule is COCCN1C(=O)CS[C@H]1c1ccn(-c2ccc(Cl)cc2)c1. The summed E-state index contributed by atoms with van der Waals surface area (Å²) in [5, 5.41) is 0.787. The minimum atomic E-state index is 0.0659. The fourth-order valence-electron chi connectivity index (χ4n) is 2.49. The number of aromatic nitrogens is 1. The van der Waals surface area contributed by atoms with E-state index in [4.69, 9.17) is 16.3 Å². The summed E-state index contributed by atoms with van der Waals surface area (Å²) >= 11 is 7.58. The molecule has 0 saturated carbocycles. The topological polar surface area (TPSA) is 34.5 Å². The lowest BCUT2D eigenvalue weighted by atomic mass is 10.3. The van der Waals surface area contributed by atoms with Crippen LogP contribution in [0.5, 0.6) is 0 Å². The smallest absolute Gasteiger partial charge is 0.233 e. The molecule has 116 valence electrons. The van der Waals surface area contributed by atoms with E-state index in [0.29, 0.717) is 18.9 Å². The van der Waals surface area contributed by atoms with Crippen LogP contribution in [-0.4, -0.2) is 41.4 Å². The third kappa shape index (κ3) is 3.16. The van der Waals surface area contributed by atoms with Crippen LogP contribution in [-0.2, 0) is 9.53 Å². The monoisotopic (exact) mass is 336 g/mol. The van der Waals surface area contributed by atoms with E-state index in [9.17, 15) is 4.79 Å². The maximum Gasteiger partial charge on any atom is 0.233 e. The minimum absolute atomic E-state index is 0.0659. The van der Waals surface area contributed by atoms with Crippen molar-refractivity contribution < 1.29 is 9.53 Å². The van der Waals surface area contributed by atoms with Crippen LogP contribution in [0.1, 0.15) is 10.9 Å². The highest BCUT2D eigenvalue weighted by Gasteiger charge is 2.32. The Bertz CT molecular complexity index is 656. The van der Waals surface area contributed by atoms with E-state index >= 15 is 0 Å². The quantitative estimate of drug-likeness (QED) is 0.839. The summed E-state index contributed by atoms with van der Waals surface area (Å²) in [6.07, 6.45) is 4.08. The molecule has 1 atom stereocenters. The lowest BCUT2D eigenvalue weighted by molar-refractivity contribution is -0.128. The number of nitrogens with zero attached hydrogens (tertiary/aromatic N) is 2. The second-order valence-electron chi connectivity index (χ2n) is 5.07. The average Bonchev–Trinajstić information content (AvgIpc) is 3.13. The molecule has 1 fully saturated rings. The molecule has 1 aliphatic heterocycles. The number of carbonyl (C=O) groups is 1. The molecule has 0 radical (unpaired) electrons. The Labute approximate surface area is 139 Å². The van der Waals surface area contributed by atoms with E-state index in [1.807, 2.05) is 39.9 Å². The molecular formula is C16H17ClN2O2S. The molecule has 0 bridgehead atoms. The van der Waals surface area contributed by atoms with Gasteiger partial charge in [-0.3, -0.25) is 4.79 Å². The van der Waals surface area contributed by atoms with Crippen LogP contribution < -0.4 is 0 Å². The summed E-state index contributed by atoms with van der Waals surface area (Å²) in [4.78, 5) is 13.9. The third-order valence-electron chi connectivity index (χ3n) is 3.63. The molecule has 0 N–H and O–H groups in total. The zero-order valence-corrected chi connectivity index (χ0v) is 13.8. The van der Waals surface area contributed by atoms with Gasteiger partial charge in [-0.15, -0.1) is 11.8 Å². The van der Waals surface area contributed by atoms with Gasteiger partial charge in [-0.25, -0.2) is 0 Å². The van der Waals surface area contributed by atoms with E-state index in [1.54, 1.807) is 18.9 Å². The Hall–Kier alpha value is -1.43. The van der Waals surface area contributed by atoms with Crippen molar-refractivity contribution in [1.29, 1.82) is 0 Å². The number of carbonyl (C=O) groups excluding carboxylic acids is 1. The average molecular weight is 337 g/mol. The standard InChI is InChI=1S/C16H17ClN2O2S/c1-21-9-8-19-15(20)11-22-16(19)12-6-7-18(10-12)14-4-2-13(17)3-5-14/h2-7,10,16H,8-9,11H2,1H3/t16-/m0/s1. The predicted molar refractivity (Wildman–Crippen MR) is 89.6 cm³/mol. The van der Waals surface area contributed by atoms with Crippen molar-refractivity contribution in [2.75, 3.05) is 26.0 Å². The molecule has 4 nitrogen and oxygen atoms in total. The molecule has 1 aromatic heterocycles. The maximum absolute atomic E-state index is 12.0. The highest BCUT2D eigenvalue weighted by molar-refractivity contribution is 8.00. The zero-order chi connectivity index (χ0) is 15.5. The largest absolute Gasteiger partial charge is 0.383 e.